The summed E-state index contributed by atoms with van der Waals surface area (Å²) < 4.78 is 27.5. The molecule has 0 amide bonds. The summed E-state index contributed by atoms with van der Waals surface area (Å²) >= 11 is 0. The van der Waals surface area contributed by atoms with Gasteiger partial charge in [0.05, 0.1) is 24.0 Å². The van der Waals surface area contributed by atoms with Gasteiger partial charge in [0.1, 0.15) is 0 Å². The van der Waals surface area contributed by atoms with Gasteiger partial charge in [-0.3, -0.25) is 4.79 Å². The lowest BCUT2D eigenvalue weighted by molar-refractivity contribution is -0.151. The molecule has 2 saturated heterocycles. The highest BCUT2D eigenvalue weighted by molar-refractivity contribution is 7.91. The minimum Gasteiger partial charge on any atom is -0.469 e. The summed E-state index contributed by atoms with van der Waals surface area (Å²) in [7, 11) is -1.78. The molecule has 0 bridgehead atoms. The number of esters is 1. The molecule has 0 spiro atoms. The molecule has 80 valence electrons. The van der Waals surface area contributed by atoms with Crippen molar-refractivity contribution in [3.8, 4) is 0 Å². The molecule has 0 radical (unpaired) electrons. The largest absolute Gasteiger partial charge is 0.469 e. The van der Waals surface area contributed by atoms with Gasteiger partial charge in [-0.2, -0.15) is 0 Å². The normalized spacial score (nSPS) is 39.4. The monoisotopic (exact) mass is 219 g/mol. The minimum absolute atomic E-state index is 0.0576. The summed E-state index contributed by atoms with van der Waals surface area (Å²) in [5, 5.41) is 3.05. The zero-order valence-electron chi connectivity index (χ0n) is 7.95. The van der Waals surface area contributed by atoms with Crippen molar-refractivity contribution in [1.82, 2.24) is 5.32 Å². The highest BCUT2D eigenvalue weighted by Gasteiger charge is 2.58. The highest BCUT2D eigenvalue weighted by Crippen LogP contribution is 2.40. The summed E-state index contributed by atoms with van der Waals surface area (Å²) in [6.07, 6.45) is 0.559. The Kier molecular flexibility index (Phi) is 2.08. The maximum absolute atomic E-state index is 11.6. The van der Waals surface area contributed by atoms with Crippen molar-refractivity contribution in [1.29, 1.82) is 0 Å². The first-order valence-electron chi connectivity index (χ1n) is 4.52. The van der Waals surface area contributed by atoms with E-state index in [1.54, 1.807) is 0 Å². The molecule has 2 rings (SSSR count). The molecule has 2 atom stereocenters. The number of hydrogen-bond donors (Lipinski definition) is 1. The number of methoxy groups -OCH3 is 1. The van der Waals surface area contributed by atoms with Gasteiger partial charge in [-0.1, -0.05) is 0 Å². The van der Waals surface area contributed by atoms with Crippen LogP contribution < -0.4 is 5.32 Å². The molecule has 0 saturated carbocycles. The van der Waals surface area contributed by atoms with Crippen LogP contribution in [-0.2, 0) is 19.4 Å². The van der Waals surface area contributed by atoms with Crippen molar-refractivity contribution in [2.75, 3.05) is 25.2 Å². The van der Waals surface area contributed by atoms with Gasteiger partial charge >= 0.3 is 5.97 Å². The molecule has 14 heavy (non-hydrogen) atoms. The molecule has 0 aromatic rings. The Morgan fingerprint density at radius 2 is 2.29 bits per heavy atom. The zero-order chi connectivity index (χ0) is 10.4. The number of rotatable bonds is 1. The van der Waals surface area contributed by atoms with E-state index in [9.17, 15) is 13.2 Å². The number of hydrogen-bond acceptors (Lipinski definition) is 5. The van der Waals surface area contributed by atoms with E-state index >= 15 is 0 Å². The van der Waals surface area contributed by atoms with Gasteiger partial charge in [0.2, 0.25) is 0 Å². The Bertz CT molecular complexity index is 364. The fourth-order valence-corrected chi connectivity index (χ4v) is 4.75. The van der Waals surface area contributed by atoms with Crippen molar-refractivity contribution >= 4 is 15.8 Å². The van der Waals surface area contributed by atoms with Gasteiger partial charge in [0.25, 0.3) is 0 Å². The van der Waals surface area contributed by atoms with Gasteiger partial charge in [0, 0.05) is 6.04 Å². The van der Waals surface area contributed by atoms with Gasteiger partial charge in [-0.05, 0) is 13.0 Å². The molecule has 2 aliphatic heterocycles. The summed E-state index contributed by atoms with van der Waals surface area (Å²) in [6, 6.07) is -0.250. The molecule has 0 aliphatic carbocycles. The molecule has 2 fully saturated rings. The minimum atomic E-state index is -3.08. The Morgan fingerprint density at radius 1 is 1.57 bits per heavy atom. The first-order valence-corrected chi connectivity index (χ1v) is 6.34. The zero-order valence-corrected chi connectivity index (χ0v) is 8.76. The second-order valence-electron chi connectivity index (χ2n) is 3.96. The second-order valence-corrected chi connectivity index (χ2v) is 6.07. The lowest BCUT2D eigenvalue weighted by Gasteiger charge is -2.23. The Labute approximate surface area is 82.7 Å². The topological polar surface area (TPSA) is 72.5 Å². The lowest BCUT2D eigenvalue weighted by atomic mass is 9.83. The molecule has 2 aliphatic rings. The number of nitrogens with one attached hydrogen (secondary N) is 1. The molecule has 2 heterocycles. The third kappa shape index (κ3) is 1.25. The maximum Gasteiger partial charge on any atom is 0.314 e. The molecule has 0 aromatic carbocycles. The van der Waals surface area contributed by atoms with Gasteiger partial charge < -0.3 is 10.1 Å². The van der Waals surface area contributed by atoms with E-state index in [0.29, 0.717) is 13.0 Å². The van der Waals surface area contributed by atoms with Crippen LogP contribution in [0.5, 0.6) is 0 Å². The second kappa shape index (κ2) is 2.93. The van der Waals surface area contributed by atoms with E-state index in [-0.39, 0.29) is 17.5 Å². The van der Waals surface area contributed by atoms with E-state index < -0.39 is 21.2 Å². The summed E-state index contributed by atoms with van der Waals surface area (Å²) in [6.45, 7) is 0.690. The van der Waals surface area contributed by atoms with Crippen LogP contribution in [0.2, 0.25) is 0 Å². The number of carbonyl (C=O) groups is 1. The summed E-state index contributed by atoms with van der Waals surface area (Å²) in [4.78, 5) is 11.6. The van der Waals surface area contributed by atoms with E-state index in [0.717, 1.165) is 0 Å². The molecule has 2 unspecified atom stereocenters. The van der Waals surface area contributed by atoms with Crippen molar-refractivity contribution < 1.29 is 17.9 Å². The predicted molar refractivity (Wildman–Crippen MR) is 49.5 cm³/mol. The van der Waals surface area contributed by atoms with Crippen LogP contribution in [0.25, 0.3) is 0 Å². The molecule has 1 N–H and O–H groups in total. The number of carbonyl (C=O) groups excluding carboxylic acids is 1. The molecule has 0 aromatic heterocycles. The summed E-state index contributed by atoms with van der Waals surface area (Å²) in [5.41, 5.74) is -0.812. The predicted octanol–water partition coefficient (Wildman–Crippen LogP) is -1.06. The molecular formula is C8H13NO4S. The fourth-order valence-electron chi connectivity index (χ4n) is 2.44. The van der Waals surface area contributed by atoms with Gasteiger partial charge in [-0.15, -0.1) is 0 Å². The van der Waals surface area contributed by atoms with Gasteiger partial charge in [0.15, 0.2) is 9.84 Å². The SMILES string of the molecule is COC(=O)C12CCNC1CS(=O)(=O)C2. The molecular weight excluding hydrogens is 206 g/mol. The number of ether oxygens (including phenoxy) is 1. The van der Waals surface area contributed by atoms with Crippen molar-refractivity contribution in [3.05, 3.63) is 0 Å². The average Bonchev–Trinajstić information content (AvgIpc) is 2.56. The lowest BCUT2D eigenvalue weighted by Crippen LogP contribution is -2.42. The van der Waals surface area contributed by atoms with Crippen molar-refractivity contribution in [2.24, 2.45) is 5.41 Å². The van der Waals surface area contributed by atoms with Crippen LogP contribution in [0.3, 0.4) is 0 Å². The van der Waals surface area contributed by atoms with E-state index in [1.165, 1.54) is 7.11 Å². The molecule has 6 heteroatoms. The quantitative estimate of drug-likeness (QED) is 0.569. The van der Waals surface area contributed by atoms with Crippen LogP contribution in [0, 0.1) is 5.41 Å². The Hall–Kier alpha value is -0.620. The third-order valence-corrected chi connectivity index (χ3v) is 4.92. The van der Waals surface area contributed by atoms with Crippen LogP contribution in [0.4, 0.5) is 0 Å². The van der Waals surface area contributed by atoms with Crippen LogP contribution in [0.1, 0.15) is 6.42 Å². The average molecular weight is 219 g/mol. The van der Waals surface area contributed by atoms with Crippen molar-refractivity contribution in [2.45, 2.75) is 12.5 Å². The highest BCUT2D eigenvalue weighted by atomic mass is 32.2. The first-order chi connectivity index (χ1) is 6.50. The summed E-state index contributed by atoms with van der Waals surface area (Å²) in [5.74, 6) is -0.402. The van der Waals surface area contributed by atoms with E-state index in [1.807, 2.05) is 0 Å². The standard InChI is InChI=1S/C8H13NO4S/c1-13-7(10)8-2-3-9-6(8)4-14(11,12)5-8/h6,9H,2-5H2,1H3. The van der Waals surface area contributed by atoms with Crippen LogP contribution in [0.15, 0.2) is 0 Å². The van der Waals surface area contributed by atoms with Gasteiger partial charge in [-0.25, -0.2) is 8.42 Å². The number of fused-ring (bicyclic) bond motifs is 1. The molecule has 5 nitrogen and oxygen atoms in total. The number of sulfone groups is 1. The van der Waals surface area contributed by atoms with Crippen molar-refractivity contribution in [3.63, 3.8) is 0 Å². The Balaban J connectivity index is 2.37. The van der Waals surface area contributed by atoms with E-state index in [4.69, 9.17) is 0 Å². The smallest absolute Gasteiger partial charge is 0.314 e. The van der Waals surface area contributed by atoms with Crippen LogP contribution in [-0.4, -0.2) is 45.6 Å². The first kappa shape index (κ1) is 9.92. The Morgan fingerprint density at radius 3 is 2.93 bits per heavy atom. The maximum atomic E-state index is 11.6. The van der Waals surface area contributed by atoms with E-state index in [2.05, 4.69) is 10.1 Å². The van der Waals surface area contributed by atoms with Crippen LogP contribution >= 0.6 is 0 Å². The third-order valence-electron chi connectivity index (χ3n) is 3.12. The fraction of sp³-hybridized carbons (Fsp3) is 0.875.